The van der Waals surface area contributed by atoms with E-state index in [-0.39, 0.29) is 66.9 Å². The summed E-state index contributed by atoms with van der Waals surface area (Å²) < 4.78 is 157. The molecule has 1 N–H and O–H groups in total. The van der Waals surface area contributed by atoms with Gasteiger partial charge in [-0.25, -0.2) is 62.8 Å². The third-order valence-corrected chi connectivity index (χ3v) is 27.6. The summed E-state index contributed by atoms with van der Waals surface area (Å²) in [6.07, 6.45) is 11.0. The fourth-order valence-electron chi connectivity index (χ4n) is 14.5. The van der Waals surface area contributed by atoms with Crippen molar-refractivity contribution < 1.29 is 56.4 Å². The molecular formula is C94H97F3N14O10S4. The molecule has 1 aliphatic carbocycles. The molecular weight excluding hydrogens is 1670 g/mol. The molecule has 14 aromatic rings. The zero-order valence-corrected chi connectivity index (χ0v) is 75.1. The molecule has 648 valence electrons. The number of amides is 1. The number of aromatic nitrogens is 12. The van der Waals surface area contributed by atoms with E-state index in [1.165, 1.54) is 24.3 Å². The Balaban J connectivity index is 0.000000143. The summed E-state index contributed by atoms with van der Waals surface area (Å²) in [5.74, 6) is -0.457. The van der Waals surface area contributed by atoms with E-state index in [1.807, 2.05) is 138 Å². The Morgan fingerprint density at radius 2 is 0.888 bits per heavy atom. The van der Waals surface area contributed by atoms with Crippen molar-refractivity contribution >= 4 is 83.7 Å². The minimum Gasteiger partial charge on any atom is -0.491 e. The van der Waals surface area contributed by atoms with Crippen molar-refractivity contribution in [3.63, 3.8) is 0 Å². The second-order valence-electron chi connectivity index (χ2n) is 34.1. The maximum Gasteiger partial charge on any atom is 0.435 e. The lowest BCUT2D eigenvalue weighted by molar-refractivity contribution is -0.141. The number of nitrogens with one attached hydrogen (secondary N) is 1. The SMILES string of the molecule is CC(C)Oc1ccc(S(=O)(=O)Cc2cc(C(F)(F)F)nn2-c2cccc3ncccc23)cc1.Cc1cc(CS(=O)(=O)c2ccc(C(C)(C)C)cc2)n(-c2ccc(C)c3ncccc23)n1.Cc1cc(CS(=O)(=O)c2ccc(C(C)(C)C)cc2)n(-c2nccc3cnccc23)n1.Cc1cc(CS(=O)(=O)c2ccc(C(C)(C)C)cc2)n(C2=NNC(=O)C3C=CC=CC23)n1. The predicted molar refractivity (Wildman–Crippen MR) is 478 cm³/mol. The summed E-state index contributed by atoms with van der Waals surface area (Å²) in [6, 6.07) is 53.1. The lowest BCUT2D eigenvalue weighted by Crippen LogP contribution is -2.44. The summed E-state index contributed by atoms with van der Waals surface area (Å²) in [4.78, 5) is 30.4. The van der Waals surface area contributed by atoms with Crippen LogP contribution in [0.4, 0.5) is 13.2 Å². The Kier molecular flexibility index (Phi) is 25.7. The highest BCUT2D eigenvalue weighted by atomic mass is 32.2. The number of aryl methyl sites for hydroxylation is 4. The van der Waals surface area contributed by atoms with Gasteiger partial charge in [0.2, 0.25) is 5.91 Å². The quantitative estimate of drug-likeness (QED) is 0.0885. The highest BCUT2D eigenvalue weighted by Crippen LogP contribution is 2.37. The van der Waals surface area contributed by atoms with Crippen LogP contribution in [0.2, 0.25) is 0 Å². The number of hydrazone groups is 1. The summed E-state index contributed by atoms with van der Waals surface area (Å²) in [5, 5.41) is 24.8. The number of alkyl halides is 3. The first kappa shape index (κ1) is 90.3. The number of hydrogen-bond acceptors (Lipinski definition) is 19. The molecule has 16 rings (SSSR count). The van der Waals surface area contributed by atoms with Crippen molar-refractivity contribution in [2.45, 2.75) is 175 Å². The van der Waals surface area contributed by atoms with Gasteiger partial charge in [0.1, 0.15) is 5.75 Å². The lowest BCUT2D eigenvalue weighted by atomic mass is 9.86. The van der Waals surface area contributed by atoms with Gasteiger partial charge < -0.3 is 4.74 Å². The lowest BCUT2D eigenvalue weighted by Gasteiger charge is -2.28. The van der Waals surface area contributed by atoms with Crippen LogP contribution in [-0.2, 0) is 89.6 Å². The number of hydrogen-bond donors (Lipinski definition) is 1. The second-order valence-corrected chi connectivity index (χ2v) is 42.1. The zero-order valence-electron chi connectivity index (χ0n) is 71.8. The molecule has 0 fully saturated rings. The first-order valence-corrected chi connectivity index (χ1v) is 46.9. The number of fused-ring (bicyclic) bond motifs is 4. The van der Waals surface area contributed by atoms with Crippen LogP contribution in [0.1, 0.15) is 144 Å². The minimum absolute atomic E-state index is 0.0282. The molecule has 6 aromatic carbocycles. The van der Waals surface area contributed by atoms with Gasteiger partial charge in [0, 0.05) is 52.5 Å². The summed E-state index contributed by atoms with van der Waals surface area (Å²) in [5.41, 5.74) is 11.9. The fraction of sp³-hybridized carbons (Fsp3) is 0.277. The van der Waals surface area contributed by atoms with Gasteiger partial charge >= 0.3 is 6.18 Å². The molecule has 2 atom stereocenters. The molecule has 2 aliphatic rings. The number of allylic oxidation sites excluding steroid dienone is 3. The number of carbonyl (C=O) groups is 1. The third kappa shape index (κ3) is 20.8. The van der Waals surface area contributed by atoms with Crippen molar-refractivity contribution in [2.24, 2.45) is 16.9 Å². The van der Waals surface area contributed by atoms with Crippen molar-refractivity contribution in [1.82, 2.24) is 64.5 Å². The number of halogens is 3. The van der Waals surface area contributed by atoms with Crippen LogP contribution in [0.25, 0.3) is 49.8 Å². The molecule has 2 unspecified atom stereocenters. The summed E-state index contributed by atoms with van der Waals surface area (Å²) in [6.45, 7) is 30.1. The maximum absolute atomic E-state index is 13.5. The topological polar surface area (TPSA) is 310 Å². The zero-order chi connectivity index (χ0) is 90.1. The molecule has 0 bridgehead atoms. The largest absolute Gasteiger partial charge is 0.491 e. The fourth-order valence-corrected chi connectivity index (χ4v) is 19.8. The number of sulfone groups is 4. The van der Waals surface area contributed by atoms with E-state index >= 15 is 0 Å². The van der Waals surface area contributed by atoms with Crippen LogP contribution in [0, 0.1) is 39.5 Å². The third-order valence-electron chi connectivity index (χ3n) is 20.9. The maximum atomic E-state index is 13.5. The summed E-state index contributed by atoms with van der Waals surface area (Å²) >= 11 is 0. The molecule has 9 heterocycles. The van der Waals surface area contributed by atoms with E-state index in [1.54, 1.807) is 131 Å². The molecule has 24 nitrogen and oxygen atoms in total. The average molecular weight is 1770 g/mol. The van der Waals surface area contributed by atoms with Gasteiger partial charge in [-0.2, -0.15) is 38.7 Å². The Hall–Kier alpha value is -12.5. The van der Waals surface area contributed by atoms with Gasteiger partial charge in [-0.15, -0.1) is 0 Å². The highest BCUT2D eigenvalue weighted by Gasteiger charge is 2.39. The van der Waals surface area contributed by atoms with Gasteiger partial charge in [-0.3, -0.25) is 19.7 Å². The molecule has 31 heteroatoms. The van der Waals surface area contributed by atoms with E-state index in [9.17, 15) is 51.6 Å². The molecule has 125 heavy (non-hydrogen) atoms. The minimum atomic E-state index is -4.73. The molecule has 1 amide bonds. The van der Waals surface area contributed by atoms with Crippen LogP contribution in [-0.4, -0.2) is 111 Å². The van der Waals surface area contributed by atoms with Gasteiger partial charge in [-0.05, 0) is 220 Å². The molecule has 0 radical (unpaired) electrons. The number of benzene rings is 6. The van der Waals surface area contributed by atoms with E-state index in [4.69, 9.17) is 4.74 Å². The van der Waals surface area contributed by atoms with Crippen LogP contribution >= 0.6 is 0 Å². The highest BCUT2D eigenvalue weighted by molar-refractivity contribution is 7.91. The van der Waals surface area contributed by atoms with Crippen LogP contribution < -0.4 is 10.2 Å². The second kappa shape index (κ2) is 35.7. The Bertz CT molecular complexity index is 6950. The molecule has 0 spiro atoms. The van der Waals surface area contributed by atoms with Crippen molar-refractivity contribution in [3.8, 4) is 22.9 Å². The van der Waals surface area contributed by atoms with Crippen LogP contribution in [0.5, 0.6) is 5.75 Å². The van der Waals surface area contributed by atoms with Crippen molar-refractivity contribution in [1.29, 1.82) is 0 Å². The normalized spacial score (nSPS) is 14.5. The van der Waals surface area contributed by atoms with Gasteiger partial charge in [0.25, 0.3) is 0 Å². The number of carbonyl (C=O) groups excluding carboxylic acids is 1. The molecule has 0 saturated heterocycles. The Morgan fingerprint density at radius 1 is 0.440 bits per heavy atom. The molecule has 1 aliphatic heterocycles. The van der Waals surface area contributed by atoms with Gasteiger partial charge in [0.15, 0.2) is 56.7 Å². The van der Waals surface area contributed by atoms with Gasteiger partial charge in [-0.1, -0.05) is 135 Å². The van der Waals surface area contributed by atoms with E-state index < -0.39 is 62.9 Å². The number of ether oxygens (including phenoxy) is 1. The predicted octanol–water partition coefficient (Wildman–Crippen LogP) is 18.0. The number of nitrogens with zero attached hydrogens (tertiary/aromatic N) is 13. The Labute approximate surface area is 725 Å². The monoisotopic (exact) mass is 1770 g/mol. The number of rotatable bonds is 17. The van der Waals surface area contributed by atoms with Crippen LogP contribution in [0.3, 0.4) is 0 Å². The first-order chi connectivity index (χ1) is 58.8. The van der Waals surface area contributed by atoms with Gasteiger partial charge in [0.05, 0.1) is 123 Å². The van der Waals surface area contributed by atoms with E-state index in [2.05, 4.69) is 113 Å². The first-order valence-electron chi connectivity index (χ1n) is 40.2. The molecule has 8 aromatic heterocycles. The van der Waals surface area contributed by atoms with Crippen molar-refractivity contribution in [2.75, 3.05) is 0 Å². The average Bonchev–Trinajstić information content (AvgIpc) is 1.72. The molecule has 0 saturated carbocycles. The number of pyridine rings is 4. The Morgan fingerprint density at radius 3 is 1.40 bits per heavy atom. The summed E-state index contributed by atoms with van der Waals surface area (Å²) in [7, 11) is -14.7. The standard InChI is InChI=1S/C25H27N3O2S.C23H20F3N3O3S.C23H26N4O3S.C23H24N4O2S/c1-17-8-13-23(22-7-6-14-26-24(17)22)28-20(15-18(2)27-28)16-31(29,30)21-11-9-19(10-12-21)25(3,4)5;1-15(2)32-17-8-10-18(11-9-17)33(30,31)14-16-13-22(23(24,25)26)28-29(16)21-7-3-6-20-19(21)5-4-12-27-20;1-15-13-17(14-31(29,30)18-11-9-16(10-12-18)23(2,3)4)27(26-15)21-19-7-5-6-8-20(19)22(28)25-24-21;1-16-13-19(15-30(28,29)20-7-5-18(6-8-20)23(2,3)4)27(26-16)22-21-10-11-24-14-17(21)9-12-25-22/h6-15H,16H2,1-5H3;3-13,15H,14H2,1-2H3;5-13,19-20H,14H2,1-4H3,(H,25,28);5-14H,15H2,1-4H3. The van der Waals surface area contributed by atoms with E-state index in [0.717, 1.165) is 71.8 Å². The van der Waals surface area contributed by atoms with Crippen LogP contribution in [0.15, 0.2) is 268 Å². The van der Waals surface area contributed by atoms with E-state index in [0.29, 0.717) is 66.6 Å². The van der Waals surface area contributed by atoms with Crippen molar-refractivity contribution in [3.05, 3.63) is 311 Å². The smallest absolute Gasteiger partial charge is 0.435 e.